The van der Waals surface area contributed by atoms with Crippen LogP contribution in [0.25, 0.3) is 10.9 Å². The highest BCUT2D eigenvalue weighted by atomic mass is 35.5. The summed E-state index contributed by atoms with van der Waals surface area (Å²) >= 11 is 0. The minimum Gasteiger partial charge on any atom is -0.358 e. The summed E-state index contributed by atoms with van der Waals surface area (Å²) in [5.74, 6) is 0. The molecule has 16 heavy (non-hydrogen) atoms. The Morgan fingerprint density at radius 1 is 1.19 bits per heavy atom. The first kappa shape index (κ1) is 11.5. The van der Waals surface area contributed by atoms with Gasteiger partial charge in [0.1, 0.15) is 0 Å². The number of H-pyrrole nitrogens is 1. The van der Waals surface area contributed by atoms with Crippen molar-refractivity contribution in [1.29, 1.82) is 0 Å². The van der Waals surface area contributed by atoms with E-state index in [1.165, 1.54) is 33.3 Å². The summed E-state index contributed by atoms with van der Waals surface area (Å²) in [5.41, 5.74) is 7.00. The van der Waals surface area contributed by atoms with Crippen LogP contribution >= 0.6 is 12.4 Å². The van der Waals surface area contributed by atoms with Gasteiger partial charge in [-0.2, -0.15) is 0 Å². The molecule has 1 aliphatic heterocycles. The smallest absolute Gasteiger partial charge is 0.0491 e. The zero-order valence-corrected chi connectivity index (χ0v) is 10.5. The van der Waals surface area contributed by atoms with Crippen LogP contribution in [0, 0.1) is 13.8 Å². The van der Waals surface area contributed by atoms with E-state index in [0.29, 0.717) is 0 Å². The number of aromatic amines is 1. The molecule has 2 nitrogen and oxygen atoms in total. The van der Waals surface area contributed by atoms with E-state index in [1.807, 2.05) is 0 Å². The van der Waals surface area contributed by atoms with Gasteiger partial charge in [0, 0.05) is 36.1 Å². The van der Waals surface area contributed by atoms with Gasteiger partial charge in [-0.1, -0.05) is 12.1 Å². The van der Waals surface area contributed by atoms with Crippen LogP contribution in [-0.2, 0) is 13.0 Å². The molecule has 2 aromatic rings. The molecule has 0 saturated carbocycles. The Morgan fingerprint density at radius 2 is 2.00 bits per heavy atom. The highest BCUT2D eigenvalue weighted by Gasteiger charge is 2.15. The zero-order valence-electron chi connectivity index (χ0n) is 9.68. The number of aromatic nitrogens is 1. The first-order valence-electron chi connectivity index (χ1n) is 5.57. The first-order valence-corrected chi connectivity index (χ1v) is 5.57. The standard InChI is InChI=1S/C13H16N2.ClH/c1-8-3-4-10-11-7-14-6-5-12(11)15-13(10)9(8)2;/h3-4,14-15H,5-7H2,1-2H3;1H. The normalized spacial score (nSPS) is 14.6. The summed E-state index contributed by atoms with van der Waals surface area (Å²) in [6.45, 7) is 6.48. The summed E-state index contributed by atoms with van der Waals surface area (Å²) in [6, 6.07) is 4.47. The van der Waals surface area contributed by atoms with Gasteiger partial charge in [-0.25, -0.2) is 0 Å². The lowest BCUT2D eigenvalue weighted by Gasteiger charge is -2.12. The number of hydrogen-bond acceptors (Lipinski definition) is 1. The molecule has 3 rings (SSSR count). The Balaban J connectivity index is 0.000000963. The molecule has 1 aliphatic rings. The fraction of sp³-hybridized carbons (Fsp3) is 0.385. The van der Waals surface area contributed by atoms with Gasteiger partial charge >= 0.3 is 0 Å². The molecular weight excluding hydrogens is 220 g/mol. The Kier molecular flexibility index (Phi) is 2.96. The highest BCUT2D eigenvalue weighted by Crippen LogP contribution is 2.28. The maximum Gasteiger partial charge on any atom is 0.0491 e. The van der Waals surface area contributed by atoms with Crippen LogP contribution in [0.5, 0.6) is 0 Å². The third-order valence-electron chi connectivity index (χ3n) is 3.55. The van der Waals surface area contributed by atoms with Gasteiger partial charge in [0.15, 0.2) is 0 Å². The van der Waals surface area contributed by atoms with Crippen molar-refractivity contribution in [2.75, 3.05) is 6.54 Å². The van der Waals surface area contributed by atoms with Gasteiger partial charge in [0.05, 0.1) is 0 Å². The van der Waals surface area contributed by atoms with Crippen LogP contribution in [0.3, 0.4) is 0 Å². The van der Waals surface area contributed by atoms with E-state index in [-0.39, 0.29) is 12.4 Å². The van der Waals surface area contributed by atoms with Crippen molar-refractivity contribution >= 4 is 23.3 Å². The predicted octanol–water partition coefficient (Wildman–Crippen LogP) is 2.85. The molecule has 0 atom stereocenters. The third-order valence-corrected chi connectivity index (χ3v) is 3.55. The van der Waals surface area contributed by atoms with Gasteiger partial charge < -0.3 is 10.3 Å². The Hall–Kier alpha value is -0.990. The average molecular weight is 237 g/mol. The molecule has 0 saturated heterocycles. The quantitative estimate of drug-likeness (QED) is 0.723. The van der Waals surface area contributed by atoms with E-state index in [4.69, 9.17) is 0 Å². The van der Waals surface area contributed by atoms with Crippen molar-refractivity contribution in [2.24, 2.45) is 0 Å². The SMILES string of the molecule is Cc1ccc2c3c([nH]c2c1C)CCNC3.Cl. The van der Waals surface area contributed by atoms with Crippen LogP contribution in [0.1, 0.15) is 22.4 Å². The lowest BCUT2D eigenvalue weighted by molar-refractivity contribution is 0.641. The van der Waals surface area contributed by atoms with E-state index < -0.39 is 0 Å². The molecule has 1 aromatic heterocycles. The fourth-order valence-corrected chi connectivity index (χ4v) is 2.46. The highest BCUT2D eigenvalue weighted by molar-refractivity contribution is 5.88. The van der Waals surface area contributed by atoms with Gasteiger partial charge in [-0.15, -0.1) is 12.4 Å². The number of hydrogen-bond donors (Lipinski definition) is 2. The van der Waals surface area contributed by atoms with Crippen molar-refractivity contribution in [1.82, 2.24) is 10.3 Å². The fourth-order valence-electron chi connectivity index (χ4n) is 2.46. The lowest BCUT2D eigenvalue weighted by Crippen LogP contribution is -2.22. The molecule has 0 unspecified atom stereocenters. The molecule has 0 amide bonds. The second-order valence-corrected chi connectivity index (χ2v) is 4.44. The summed E-state index contributed by atoms with van der Waals surface area (Å²) in [4.78, 5) is 3.59. The van der Waals surface area contributed by atoms with Crippen molar-refractivity contribution in [3.8, 4) is 0 Å². The van der Waals surface area contributed by atoms with Crippen LogP contribution in [0.15, 0.2) is 12.1 Å². The number of benzene rings is 1. The van der Waals surface area contributed by atoms with E-state index in [9.17, 15) is 0 Å². The number of halogens is 1. The second-order valence-electron chi connectivity index (χ2n) is 4.44. The maximum absolute atomic E-state index is 3.59. The first-order chi connectivity index (χ1) is 7.27. The topological polar surface area (TPSA) is 27.8 Å². The summed E-state index contributed by atoms with van der Waals surface area (Å²) in [6.07, 6.45) is 1.13. The molecule has 1 aromatic carbocycles. The molecule has 0 aliphatic carbocycles. The van der Waals surface area contributed by atoms with Crippen molar-refractivity contribution in [3.63, 3.8) is 0 Å². The third kappa shape index (κ3) is 1.53. The molecular formula is C13H17ClN2. The van der Waals surface area contributed by atoms with Gasteiger partial charge in [0.25, 0.3) is 0 Å². The zero-order chi connectivity index (χ0) is 10.4. The molecule has 0 bridgehead atoms. The summed E-state index contributed by atoms with van der Waals surface area (Å²) < 4.78 is 0. The van der Waals surface area contributed by atoms with E-state index >= 15 is 0 Å². The van der Waals surface area contributed by atoms with Crippen molar-refractivity contribution < 1.29 is 0 Å². The average Bonchev–Trinajstić information content (AvgIpc) is 2.63. The van der Waals surface area contributed by atoms with E-state index in [1.54, 1.807) is 0 Å². The van der Waals surface area contributed by atoms with Crippen LogP contribution in [0.4, 0.5) is 0 Å². The summed E-state index contributed by atoms with van der Waals surface area (Å²) in [5, 5.41) is 4.84. The van der Waals surface area contributed by atoms with Gasteiger partial charge in [-0.3, -0.25) is 0 Å². The minimum absolute atomic E-state index is 0. The molecule has 0 fully saturated rings. The van der Waals surface area contributed by atoms with Crippen molar-refractivity contribution in [2.45, 2.75) is 26.8 Å². The van der Waals surface area contributed by atoms with Gasteiger partial charge in [-0.05, 0) is 30.5 Å². The van der Waals surface area contributed by atoms with Crippen LogP contribution < -0.4 is 5.32 Å². The molecule has 86 valence electrons. The largest absolute Gasteiger partial charge is 0.358 e. The van der Waals surface area contributed by atoms with Crippen LogP contribution in [0.2, 0.25) is 0 Å². The molecule has 3 heteroatoms. The summed E-state index contributed by atoms with van der Waals surface area (Å²) in [7, 11) is 0. The Bertz CT molecular complexity index is 528. The van der Waals surface area contributed by atoms with Crippen molar-refractivity contribution in [3.05, 3.63) is 34.5 Å². The van der Waals surface area contributed by atoms with E-state index in [0.717, 1.165) is 19.5 Å². The molecule has 2 N–H and O–H groups in total. The minimum atomic E-state index is 0. The molecule has 2 heterocycles. The number of nitrogens with one attached hydrogen (secondary N) is 2. The number of aryl methyl sites for hydroxylation is 2. The molecule has 0 spiro atoms. The molecule has 0 radical (unpaired) electrons. The predicted molar refractivity (Wildman–Crippen MR) is 70.4 cm³/mol. The van der Waals surface area contributed by atoms with Gasteiger partial charge in [0.2, 0.25) is 0 Å². The number of rotatable bonds is 0. The lowest BCUT2D eigenvalue weighted by atomic mass is 10.0. The monoisotopic (exact) mass is 236 g/mol. The number of fused-ring (bicyclic) bond motifs is 3. The Morgan fingerprint density at radius 3 is 2.81 bits per heavy atom. The van der Waals surface area contributed by atoms with E-state index in [2.05, 4.69) is 36.3 Å². The second kappa shape index (κ2) is 4.11. The Labute approximate surface area is 102 Å². The maximum atomic E-state index is 3.59. The van der Waals surface area contributed by atoms with Crippen LogP contribution in [-0.4, -0.2) is 11.5 Å².